The fourth-order valence-electron chi connectivity index (χ4n) is 4.46. The normalized spacial score (nSPS) is 30.6. The van der Waals surface area contributed by atoms with E-state index < -0.39 is 0 Å². The third-order valence-electron chi connectivity index (χ3n) is 5.99. The molecular weight excluding hydrogens is 348 g/mol. The van der Waals surface area contributed by atoms with Crippen LogP contribution in [-0.4, -0.2) is 65.2 Å². The Hall–Kier alpha value is -1.88. The first-order valence-electron chi connectivity index (χ1n) is 9.37. The number of nitrogens with one attached hydrogen (secondary N) is 1. The average molecular weight is 370 g/mol. The van der Waals surface area contributed by atoms with Gasteiger partial charge in [0.25, 0.3) is 5.91 Å². The first kappa shape index (κ1) is 16.3. The lowest BCUT2D eigenvalue weighted by Crippen LogP contribution is -2.57. The molecule has 0 radical (unpaired) electrons. The molecule has 2 N–H and O–H groups in total. The Morgan fingerprint density at radius 1 is 1.23 bits per heavy atom. The Morgan fingerprint density at radius 3 is 2.77 bits per heavy atom. The van der Waals surface area contributed by atoms with Crippen LogP contribution in [0.25, 0.3) is 10.1 Å². The molecule has 1 amide bonds. The summed E-state index contributed by atoms with van der Waals surface area (Å²) < 4.78 is 5.35. The number of hydrogen-bond donors (Lipinski definition) is 2. The van der Waals surface area contributed by atoms with Crippen LogP contribution in [0.4, 0.5) is 5.69 Å². The molecule has 1 aromatic heterocycles. The van der Waals surface area contributed by atoms with Crippen LogP contribution in [-0.2, 0) is 0 Å². The molecular formula is C19H22N4O2S. The molecule has 136 valence electrons. The number of carbonyl (C=O) groups excluding carboxylic acids is 1. The van der Waals surface area contributed by atoms with Crippen LogP contribution in [0.1, 0.15) is 29.8 Å². The number of piperidine rings is 3. The van der Waals surface area contributed by atoms with Gasteiger partial charge in [0, 0.05) is 25.7 Å². The van der Waals surface area contributed by atoms with E-state index in [-0.39, 0.29) is 18.1 Å². The summed E-state index contributed by atoms with van der Waals surface area (Å²) in [4.78, 5) is 17.3. The molecule has 0 saturated carbocycles. The van der Waals surface area contributed by atoms with E-state index in [1.54, 1.807) is 0 Å². The molecule has 2 atom stereocenters. The Bertz CT molecular complexity index is 830. The second-order valence-electron chi connectivity index (χ2n) is 7.66. The van der Waals surface area contributed by atoms with E-state index in [0.717, 1.165) is 48.4 Å². The maximum atomic E-state index is 12.8. The minimum absolute atomic E-state index is 0.0935. The maximum absolute atomic E-state index is 12.8. The van der Waals surface area contributed by atoms with E-state index >= 15 is 0 Å². The number of rotatable bonds is 3. The maximum Gasteiger partial charge on any atom is 0.272 e. The van der Waals surface area contributed by atoms with Crippen LogP contribution >= 0.6 is 11.5 Å². The molecule has 4 aliphatic rings. The fourth-order valence-corrected chi connectivity index (χ4v) is 5.23. The topological polar surface area (TPSA) is 68.7 Å². The van der Waals surface area contributed by atoms with Crippen molar-refractivity contribution in [3.05, 3.63) is 23.9 Å². The zero-order valence-corrected chi connectivity index (χ0v) is 15.4. The predicted molar refractivity (Wildman–Crippen MR) is 101 cm³/mol. The first-order valence-corrected chi connectivity index (χ1v) is 10.1. The average Bonchev–Trinajstić information content (AvgIpc) is 3.28. The van der Waals surface area contributed by atoms with Crippen molar-refractivity contribution in [3.8, 4) is 0 Å². The highest BCUT2D eigenvalue weighted by Gasteiger charge is 2.35. The van der Waals surface area contributed by atoms with Gasteiger partial charge in [-0.2, -0.15) is 4.37 Å². The highest BCUT2D eigenvalue weighted by Crippen LogP contribution is 2.29. The van der Waals surface area contributed by atoms with Crippen LogP contribution in [0.5, 0.6) is 0 Å². The molecule has 0 aliphatic carbocycles. The number of aromatic nitrogens is 1. The van der Waals surface area contributed by atoms with Crippen LogP contribution in [0.3, 0.4) is 0 Å². The van der Waals surface area contributed by atoms with Gasteiger partial charge in [-0.15, -0.1) is 0 Å². The summed E-state index contributed by atoms with van der Waals surface area (Å²) in [6.45, 7) is 4.72. The van der Waals surface area contributed by atoms with Gasteiger partial charge >= 0.3 is 0 Å². The van der Waals surface area contributed by atoms with Gasteiger partial charge in [-0.25, -0.2) is 0 Å². The molecule has 2 aromatic rings. The highest BCUT2D eigenvalue weighted by atomic mass is 32.1. The van der Waals surface area contributed by atoms with Crippen LogP contribution in [0.15, 0.2) is 6.07 Å². The SMILES string of the molecule is O=C(N[C@@H]1CN2CCC1CC2)c1nsc2cc(N3CCC(O)C3)c#cc12. The van der Waals surface area contributed by atoms with Gasteiger partial charge in [0.15, 0.2) is 5.69 Å². The second-order valence-corrected chi connectivity index (χ2v) is 8.46. The molecule has 6 rings (SSSR count). The van der Waals surface area contributed by atoms with Crippen LogP contribution < -0.4 is 10.2 Å². The molecule has 4 aliphatic heterocycles. The van der Waals surface area contributed by atoms with Crippen LogP contribution in [0, 0.1) is 18.1 Å². The van der Waals surface area contributed by atoms with Crippen molar-refractivity contribution in [1.82, 2.24) is 14.6 Å². The summed E-state index contributed by atoms with van der Waals surface area (Å²) in [6, 6.07) is 8.53. The van der Waals surface area contributed by atoms with Gasteiger partial charge in [-0.1, -0.05) is 6.07 Å². The molecule has 4 fully saturated rings. The lowest BCUT2D eigenvalue weighted by Gasteiger charge is -2.44. The molecule has 1 unspecified atom stereocenters. The third kappa shape index (κ3) is 2.82. The van der Waals surface area contributed by atoms with Crippen molar-refractivity contribution in [3.63, 3.8) is 0 Å². The Labute approximate surface area is 157 Å². The fraction of sp³-hybridized carbons (Fsp3) is 0.579. The smallest absolute Gasteiger partial charge is 0.272 e. The number of nitrogens with zero attached hydrogens (tertiary/aromatic N) is 3. The lowest BCUT2D eigenvalue weighted by molar-refractivity contribution is 0.0619. The summed E-state index contributed by atoms with van der Waals surface area (Å²) in [5.41, 5.74) is 1.38. The van der Waals surface area contributed by atoms with E-state index in [2.05, 4.69) is 31.6 Å². The van der Waals surface area contributed by atoms with Crippen molar-refractivity contribution in [2.24, 2.45) is 5.92 Å². The van der Waals surface area contributed by atoms with Gasteiger partial charge in [0.1, 0.15) is 0 Å². The quantitative estimate of drug-likeness (QED) is 0.852. The number of β-amino-alcohol motifs (C(OH)–C–C–N with tert-alkyl or cyclic N) is 1. The number of aliphatic hydroxyl groups is 1. The molecule has 5 heterocycles. The minimum Gasteiger partial charge on any atom is -0.391 e. The van der Waals surface area contributed by atoms with Gasteiger partial charge in [-0.05, 0) is 61.9 Å². The lowest BCUT2D eigenvalue weighted by atomic mass is 9.84. The summed E-state index contributed by atoms with van der Waals surface area (Å²) >= 11 is 1.33. The molecule has 1 aromatic carbocycles. The van der Waals surface area contributed by atoms with E-state index in [4.69, 9.17) is 0 Å². The molecule has 2 bridgehead atoms. The minimum atomic E-state index is -0.275. The number of hydrogen-bond acceptors (Lipinski definition) is 6. The van der Waals surface area contributed by atoms with Gasteiger partial charge < -0.3 is 20.2 Å². The van der Waals surface area contributed by atoms with Crippen molar-refractivity contribution in [2.45, 2.75) is 31.4 Å². The number of amides is 1. The monoisotopic (exact) mass is 370 g/mol. The number of fused-ring (bicyclic) bond motifs is 4. The van der Waals surface area contributed by atoms with E-state index in [1.165, 1.54) is 24.4 Å². The zero-order chi connectivity index (χ0) is 17.7. The predicted octanol–water partition coefficient (Wildman–Crippen LogP) is 1.29. The largest absolute Gasteiger partial charge is 0.391 e. The van der Waals surface area contributed by atoms with Gasteiger partial charge in [0.2, 0.25) is 0 Å². The molecule has 26 heavy (non-hydrogen) atoms. The third-order valence-corrected chi connectivity index (χ3v) is 6.79. The Balaban J connectivity index is 1.35. The highest BCUT2D eigenvalue weighted by molar-refractivity contribution is 7.13. The van der Waals surface area contributed by atoms with E-state index in [0.29, 0.717) is 18.2 Å². The summed E-state index contributed by atoms with van der Waals surface area (Å²) in [6.07, 6.45) is 2.85. The molecule has 4 saturated heterocycles. The van der Waals surface area contributed by atoms with E-state index in [1.807, 2.05) is 6.07 Å². The summed E-state index contributed by atoms with van der Waals surface area (Å²) in [5, 5.41) is 13.7. The second kappa shape index (κ2) is 6.38. The molecule has 0 spiro atoms. The standard InChI is InChI=1S/C19H22N4O2S/c24-14-5-8-23(10-14)13-1-2-15-17(9-13)26-21-18(15)19(25)20-16-11-22-6-3-12(16)4-7-22/h9,12,14,16,24H,3-8,10-11H2,(H,20,25)/t14?,16-/m1/s1. The summed E-state index contributed by atoms with van der Waals surface area (Å²) in [5.74, 6) is 0.501. The van der Waals surface area contributed by atoms with Gasteiger partial charge in [0.05, 0.1) is 21.9 Å². The van der Waals surface area contributed by atoms with Crippen molar-refractivity contribution in [1.29, 1.82) is 0 Å². The summed E-state index contributed by atoms with van der Waals surface area (Å²) in [7, 11) is 0. The van der Waals surface area contributed by atoms with Gasteiger partial charge in [-0.3, -0.25) is 4.79 Å². The number of aliphatic hydroxyl groups excluding tert-OH is 1. The Morgan fingerprint density at radius 2 is 2.08 bits per heavy atom. The van der Waals surface area contributed by atoms with Crippen molar-refractivity contribution >= 4 is 33.2 Å². The zero-order valence-electron chi connectivity index (χ0n) is 14.6. The number of carbonyl (C=O) groups is 1. The van der Waals surface area contributed by atoms with Crippen LogP contribution in [0.2, 0.25) is 0 Å². The molecule has 6 nitrogen and oxygen atoms in total. The van der Waals surface area contributed by atoms with E-state index in [9.17, 15) is 9.90 Å². The molecule has 7 heteroatoms. The number of anilines is 1. The Kier molecular flexibility index (Phi) is 4.00. The first-order chi connectivity index (χ1) is 12.7. The van der Waals surface area contributed by atoms with Crippen molar-refractivity contribution < 1.29 is 9.90 Å². The van der Waals surface area contributed by atoms with Crippen molar-refractivity contribution in [2.75, 3.05) is 37.6 Å².